The predicted molar refractivity (Wildman–Crippen MR) is 138 cm³/mol. The summed E-state index contributed by atoms with van der Waals surface area (Å²) in [6, 6.07) is 9.33. The number of anilines is 2. The largest absolute Gasteiger partial charge is 0.416 e. The third-order valence-electron chi connectivity index (χ3n) is 5.91. The number of hydrogen-bond acceptors (Lipinski definition) is 6. The molecule has 1 aliphatic heterocycles. The summed E-state index contributed by atoms with van der Waals surface area (Å²) >= 11 is 6.29. The summed E-state index contributed by atoms with van der Waals surface area (Å²) in [7, 11) is -4.39. The van der Waals surface area contributed by atoms with Gasteiger partial charge in [-0.1, -0.05) is 23.7 Å². The number of carbonyl (C=O) groups is 1. The van der Waals surface area contributed by atoms with E-state index >= 15 is 0 Å². The highest BCUT2D eigenvalue weighted by Gasteiger charge is 2.33. The number of piperazine rings is 1. The van der Waals surface area contributed by atoms with Crippen LogP contribution in [0, 0.1) is 0 Å². The van der Waals surface area contributed by atoms with Crippen molar-refractivity contribution in [1.29, 1.82) is 0 Å². The summed E-state index contributed by atoms with van der Waals surface area (Å²) in [4.78, 5) is 24.9. The van der Waals surface area contributed by atoms with E-state index in [0.717, 1.165) is 28.6 Å². The van der Waals surface area contributed by atoms with Crippen LogP contribution in [-0.2, 0) is 16.2 Å². The van der Waals surface area contributed by atoms with Crippen LogP contribution in [0.3, 0.4) is 0 Å². The van der Waals surface area contributed by atoms with Crippen molar-refractivity contribution in [3.8, 4) is 0 Å². The van der Waals surface area contributed by atoms with E-state index in [0.29, 0.717) is 32.1 Å². The van der Waals surface area contributed by atoms with Gasteiger partial charge in [-0.25, -0.2) is 18.4 Å². The molecule has 3 aromatic rings. The SMILES string of the molecule is C=CCN(c1cccc(C(F)(F)F)c1)S(=O)(=O)c1ccc(Cl)c(C(=O)N2CCN(c3ncccn3)CC2)c1. The minimum atomic E-state index is -4.66. The second-order valence-electron chi connectivity index (χ2n) is 8.34. The number of aromatic nitrogens is 2. The first-order chi connectivity index (χ1) is 18.0. The van der Waals surface area contributed by atoms with Gasteiger partial charge in [0.1, 0.15) is 0 Å². The standard InChI is InChI=1S/C25H23ClF3N5O3S/c1-2-11-34(19-6-3-5-18(16-19)25(27,28)29)38(36,37)20-7-8-22(26)21(17-20)23(35)32-12-14-33(15-13-32)24-30-9-4-10-31-24/h2-10,16-17H,1,11-15H2. The molecule has 1 aromatic heterocycles. The maximum absolute atomic E-state index is 13.6. The highest BCUT2D eigenvalue weighted by molar-refractivity contribution is 7.92. The molecule has 0 aliphatic carbocycles. The van der Waals surface area contributed by atoms with Crippen LogP contribution in [0.5, 0.6) is 0 Å². The Kier molecular flexibility index (Phi) is 7.93. The summed E-state index contributed by atoms with van der Waals surface area (Å²) in [5.74, 6) is 0.0812. The third-order valence-corrected chi connectivity index (χ3v) is 8.03. The van der Waals surface area contributed by atoms with Gasteiger partial charge in [0.05, 0.1) is 33.3 Å². The van der Waals surface area contributed by atoms with Crippen LogP contribution < -0.4 is 9.21 Å². The number of hydrogen-bond donors (Lipinski definition) is 0. The fraction of sp³-hybridized carbons (Fsp3) is 0.240. The Morgan fingerprint density at radius 3 is 2.37 bits per heavy atom. The summed E-state index contributed by atoms with van der Waals surface area (Å²) in [5.41, 5.74) is -1.21. The molecule has 0 radical (unpaired) electrons. The van der Waals surface area contributed by atoms with E-state index in [1.54, 1.807) is 23.4 Å². The Hall–Kier alpha value is -3.64. The molecule has 1 fully saturated rings. The zero-order chi connectivity index (χ0) is 27.5. The van der Waals surface area contributed by atoms with Crippen molar-refractivity contribution in [3.63, 3.8) is 0 Å². The summed E-state index contributed by atoms with van der Waals surface area (Å²) in [5, 5.41) is 0.0529. The van der Waals surface area contributed by atoms with E-state index in [-0.39, 0.29) is 27.7 Å². The zero-order valence-electron chi connectivity index (χ0n) is 20.0. The molecule has 8 nitrogen and oxygen atoms in total. The molecule has 0 N–H and O–H groups in total. The van der Waals surface area contributed by atoms with Gasteiger partial charge in [-0.15, -0.1) is 6.58 Å². The second kappa shape index (κ2) is 11.0. The van der Waals surface area contributed by atoms with Crippen LogP contribution in [0.25, 0.3) is 0 Å². The van der Waals surface area contributed by atoms with Crippen LogP contribution in [0.15, 0.2) is 78.5 Å². The van der Waals surface area contributed by atoms with E-state index in [9.17, 15) is 26.4 Å². The molecule has 4 rings (SSSR count). The molecule has 0 unspecified atom stereocenters. The van der Waals surface area contributed by atoms with Crippen molar-refractivity contribution < 1.29 is 26.4 Å². The molecular formula is C25H23ClF3N5O3S. The fourth-order valence-corrected chi connectivity index (χ4v) is 5.64. The van der Waals surface area contributed by atoms with Gasteiger partial charge in [-0.2, -0.15) is 13.2 Å². The molecular weight excluding hydrogens is 543 g/mol. The summed E-state index contributed by atoms with van der Waals surface area (Å²) < 4.78 is 67.7. The molecule has 0 bridgehead atoms. The highest BCUT2D eigenvalue weighted by atomic mass is 35.5. The van der Waals surface area contributed by atoms with Gasteiger partial charge >= 0.3 is 6.18 Å². The number of nitrogens with zero attached hydrogens (tertiary/aromatic N) is 5. The normalized spacial score (nSPS) is 14.3. The Morgan fingerprint density at radius 1 is 1.05 bits per heavy atom. The van der Waals surface area contributed by atoms with Crippen LogP contribution >= 0.6 is 11.6 Å². The number of amides is 1. The smallest absolute Gasteiger partial charge is 0.337 e. The van der Waals surface area contributed by atoms with Gasteiger partial charge < -0.3 is 9.80 Å². The van der Waals surface area contributed by atoms with Crippen molar-refractivity contribution >= 4 is 39.2 Å². The fourth-order valence-electron chi connectivity index (χ4n) is 3.99. The third kappa shape index (κ3) is 5.76. The highest BCUT2D eigenvalue weighted by Crippen LogP contribution is 2.34. The van der Waals surface area contributed by atoms with Gasteiger partial charge in [0.25, 0.3) is 15.9 Å². The molecule has 1 aliphatic rings. The molecule has 2 aromatic carbocycles. The van der Waals surface area contributed by atoms with E-state index < -0.39 is 27.7 Å². The molecule has 13 heteroatoms. The molecule has 38 heavy (non-hydrogen) atoms. The zero-order valence-corrected chi connectivity index (χ0v) is 21.5. The summed E-state index contributed by atoms with van der Waals surface area (Å²) in [6.45, 7) is 4.83. The first kappa shape index (κ1) is 27.4. The van der Waals surface area contributed by atoms with Gasteiger partial charge in [0, 0.05) is 38.6 Å². The number of alkyl halides is 3. The van der Waals surface area contributed by atoms with Crippen LogP contribution in [0.1, 0.15) is 15.9 Å². The van der Waals surface area contributed by atoms with Crippen LogP contribution in [-0.4, -0.2) is 61.9 Å². The lowest BCUT2D eigenvalue weighted by Crippen LogP contribution is -2.49. The van der Waals surface area contributed by atoms with Crippen molar-refractivity contribution in [3.05, 3.63) is 89.7 Å². The van der Waals surface area contributed by atoms with E-state index in [1.807, 2.05) is 4.90 Å². The van der Waals surface area contributed by atoms with E-state index in [2.05, 4.69) is 16.5 Å². The molecule has 0 atom stereocenters. The van der Waals surface area contributed by atoms with Gasteiger partial charge in [0.15, 0.2) is 0 Å². The van der Waals surface area contributed by atoms with E-state index in [1.165, 1.54) is 24.3 Å². The van der Waals surface area contributed by atoms with Crippen molar-refractivity contribution in [2.75, 3.05) is 41.9 Å². The average Bonchev–Trinajstić information content (AvgIpc) is 2.91. The van der Waals surface area contributed by atoms with Crippen molar-refractivity contribution in [2.45, 2.75) is 11.1 Å². The quantitative estimate of drug-likeness (QED) is 0.392. The maximum Gasteiger partial charge on any atom is 0.416 e. The number of halogens is 4. The molecule has 0 spiro atoms. The van der Waals surface area contributed by atoms with Crippen LogP contribution in [0.4, 0.5) is 24.8 Å². The maximum atomic E-state index is 13.6. The lowest BCUT2D eigenvalue weighted by Gasteiger charge is -2.34. The molecule has 200 valence electrons. The van der Waals surface area contributed by atoms with Gasteiger partial charge in [0.2, 0.25) is 5.95 Å². The van der Waals surface area contributed by atoms with Crippen LogP contribution in [0.2, 0.25) is 5.02 Å². The predicted octanol–water partition coefficient (Wildman–Crippen LogP) is 4.49. The monoisotopic (exact) mass is 565 g/mol. The number of carbonyl (C=O) groups excluding carboxylic acids is 1. The molecule has 0 saturated carbocycles. The average molecular weight is 566 g/mol. The van der Waals surface area contributed by atoms with Crippen molar-refractivity contribution in [2.24, 2.45) is 0 Å². The molecule has 2 heterocycles. The number of benzene rings is 2. The first-order valence-corrected chi connectivity index (χ1v) is 13.3. The van der Waals surface area contributed by atoms with Crippen molar-refractivity contribution in [1.82, 2.24) is 14.9 Å². The second-order valence-corrected chi connectivity index (χ2v) is 10.6. The Labute approximate surface area is 223 Å². The lowest BCUT2D eigenvalue weighted by atomic mass is 10.2. The Balaban J connectivity index is 1.60. The topological polar surface area (TPSA) is 86.7 Å². The number of rotatable bonds is 7. The lowest BCUT2D eigenvalue weighted by molar-refractivity contribution is -0.137. The molecule has 1 amide bonds. The number of sulfonamides is 1. The van der Waals surface area contributed by atoms with E-state index in [4.69, 9.17) is 11.6 Å². The summed E-state index contributed by atoms with van der Waals surface area (Å²) in [6.07, 6.45) is -0.146. The first-order valence-electron chi connectivity index (χ1n) is 11.4. The minimum absolute atomic E-state index is 0.0280. The molecule has 1 saturated heterocycles. The Bertz CT molecular complexity index is 1430. The Morgan fingerprint density at radius 2 is 1.74 bits per heavy atom. The van der Waals surface area contributed by atoms with Gasteiger partial charge in [-0.3, -0.25) is 9.10 Å². The minimum Gasteiger partial charge on any atom is -0.337 e. The van der Waals surface area contributed by atoms with Gasteiger partial charge in [-0.05, 0) is 42.5 Å².